The van der Waals surface area contributed by atoms with E-state index in [9.17, 15) is 4.79 Å². The van der Waals surface area contributed by atoms with Crippen LogP contribution in [0.2, 0.25) is 0 Å². The monoisotopic (exact) mass is 455 g/mol. The summed E-state index contributed by atoms with van der Waals surface area (Å²) in [5.74, 6) is 0.915. The second kappa shape index (κ2) is 9.55. The Morgan fingerprint density at radius 1 is 0.971 bits per heavy atom. The predicted octanol–water partition coefficient (Wildman–Crippen LogP) is 4.48. The van der Waals surface area contributed by atoms with E-state index in [0.29, 0.717) is 31.8 Å². The first-order chi connectivity index (χ1) is 16.7. The largest absolute Gasteiger partial charge is 0.492 e. The van der Waals surface area contributed by atoms with E-state index in [0.717, 1.165) is 46.8 Å². The number of rotatable bonds is 6. The van der Waals surface area contributed by atoms with Gasteiger partial charge in [0.1, 0.15) is 5.75 Å². The lowest BCUT2D eigenvalue weighted by Gasteiger charge is -2.36. The zero-order valence-corrected chi connectivity index (χ0v) is 19.6. The molecule has 1 aliphatic rings. The number of para-hydroxylation sites is 2. The minimum absolute atomic E-state index is 0.0259. The minimum Gasteiger partial charge on any atom is -0.492 e. The van der Waals surface area contributed by atoms with Crippen molar-refractivity contribution in [2.45, 2.75) is 20.4 Å². The van der Waals surface area contributed by atoms with Crippen molar-refractivity contribution in [3.05, 3.63) is 72.4 Å². The van der Waals surface area contributed by atoms with Gasteiger partial charge in [0.2, 0.25) is 0 Å². The van der Waals surface area contributed by atoms with E-state index in [4.69, 9.17) is 9.72 Å². The van der Waals surface area contributed by atoms with Gasteiger partial charge >= 0.3 is 0 Å². The van der Waals surface area contributed by atoms with Gasteiger partial charge in [0, 0.05) is 38.3 Å². The summed E-state index contributed by atoms with van der Waals surface area (Å²) in [4.78, 5) is 22.8. The molecule has 2 aromatic carbocycles. The van der Waals surface area contributed by atoms with Crippen LogP contribution in [0.25, 0.3) is 22.3 Å². The quantitative estimate of drug-likeness (QED) is 0.429. The molecule has 1 saturated heterocycles. The summed E-state index contributed by atoms with van der Waals surface area (Å²) in [6.45, 7) is 8.14. The molecule has 3 heterocycles. The number of aryl methyl sites for hydroxylation is 1. The third-order valence-electron chi connectivity index (χ3n) is 6.28. The average molecular weight is 456 g/mol. The van der Waals surface area contributed by atoms with Gasteiger partial charge in [0.25, 0.3) is 5.91 Å². The Morgan fingerprint density at radius 2 is 1.71 bits per heavy atom. The van der Waals surface area contributed by atoms with E-state index in [1.54, 1.807) is 6.20 Å². The lowest BCUT2D eigenvalue weighted by atomic mass is 10.1. The number of benzene rings is 2. The summed E-state index contributed by atoms with van der Waals surface area (Å²) in [6.07, 6.45) is 1.77. The van der Waals surface area contributed by atoms with Gasteiger partial charge in [-0.15, -0.1) is 0 Å². The first-order valence-electron chi connectivity index (χ1n) is 11.9. The Kier molecular flexibility index (Phi) is 6.16. The molecule has 0 radical (unpaired) electrons. The number of ether oxygens (including phenoxy) is 1. The highest BCUT2D eigenvalue weighted by molar-refractivity contribution is 6.06. The number of anilines is 1. The first-order valence-corrected chi connectivity index (χ1v) is 11.9. The van der Waals surface area contributed by atoms with E-state index >= 15 is 0 Å². The van der Waals surface area contributed by atoms with Crippen molar-refractivity contribution in [3.8, 4) is 17.0 Å². The van der Waals surface area contributed by atoms with E-state index in [1.165, 1.54) is 0 Å². The normalized spacial score (nSPS) is 13.9. The molecule has 0 atom stereocenters. The van der Waals surface area contributed by atoms with E-state index < -0.39 is 0 Å². The third-order valence-corrected chi connectivity index (χ3v) is 6.28. The molecular formula is C27H29N5O2. The van der Waals surface area contributed by atoms with E-state index in [1.807, 2.05) is 78.0 Å². The standard InChI is InChI=1S/C27H29N5O2/c1-3-32-26-22(19-28-32)21(18-23(29-26)20-10-6-5-7-11-20)27(33)31-16-14-30(15-17-31)24-12-8-9-13-25(24)34-4-2/h5-13,18-19H,3-4,14-17H2,1-2H3. The van der Waals surface area contributed by atoms with Crippen LogP contribution in [0.1, 0.15) is 24.2 Å². The number of fused-ring (bicyclic) bond motifs is 1. The van der Waals surface area contributed by atoms with Crippen molar-refractivity contribution in [2.24, 2.45) is 0 Å². The molecule has 5 rings (SSSR count). The molecule has 7 nitrogen and oxygen atoms in total. The molecular weight excluding hydrogens is 426 g/mol. The number of piperazine rings is 1. The fourth-order valence-corrected chi connectivity index (χ4v) is 4.53. The van der Waals surface area contributed by atoms with Crippen LogP contribution in [-0.4, -0.2) is 58.4 Å². The lowest BCUT2D eigenvalue weighted by molar-refractivity contribution is 0.0748. The predicted molar refractivity (Wildman–Crippen MR) is 134 cm³/mol. The van der Waals surface area contributed by atoms with Crippen molar-refractivity contribution in [1.82, 2.24) is 19.7 Å². The molecule has 174 valence electrons. The van der Waals surface area contributed by atoms with Gasteiger partial charge in [0.05, 0.1) is 35.1 Å². The number of aromatic nitrogens is 3. The molecule has 0 spiro atoms. The number of pyridine rings is 1. The zero-order valence-electron chi connectivity index (χ0n) is 19.6. The molecule has 1 fully saturated rings. The van der Waals surface area contributed by atoms with Gasteiger partial charge < -0.3 is 14.5 Å². The molecule has 2 aromatic heterocycles. The molecule has 1 amide bonds. The van der Waals surface area contributed by atoms with Gasteiger partial charge in [-0.2, -0.15) is 5.10 Å². The Morgan fingerprint density at radius 3 is 2.44 bits per heavy atom. The maximum Gasteiger partial charge on any atom is 0.254 e. The van der Waals surface area contributed by atoms with Gasteiger partial charge in [-0.25, -0.2) is 9.67 Å². The number of hydrogen-bond donors (Lipinski definition) is 0. The molecule has 0 N–H and O–H groups in total. The van der Waals surface area contributed by atoms with Crippen LogP contribution in [0.4, 0.5) is 5.69 Å². The lowest BCUT2D eigenvalue weighted by Crippen LogP contribution is -2.49. The summed E-state index contributed by atoms with van der Waals surface area (Å²) in [5.41, 5.74) is 4.26. The van der Waals surface area contributed by atoms with Crippen LogP contribution in [0.15, 0.2) is 66.9 Å². The number of amides is 1. The maximum absolute atomic E-state index is 13.7. The zero-order chi connectivity index (χ0) is 23.5. The highest BCUT2D eigenvalue weighted by Gasteiger charge is 2.26. The fraction of sp³-hybridized carbons (Fsp3) is 0.296. The number of carbonyl (C=O) groups is 1. The molecule has 34 heavy (non-hydrogen) atoms. The molecule has 7 heteroatoms. The van der Waals surface area contributed by atoms with Gasteiger partial charge in [-0.3, -0.25) is 4.79 Å². The van der Waals surface area contributed by atoms with Gasteiger partial charge in [-0.05, 0) is 32.0 Å². The molecule has 0 unspecified atom stereocenters. The Labute approximate surface area is 199 Å². The number of hydrogen-bond acceptors (Lipinski definition) is 5. The first kappa shape index (κ1) is 21.9. The fourth-order valence-electron chi connectivity index (χ4n) is 4.53. The van der Waals surface area contributed by atoms with Crippen molar-refractivity contribution < 1.29 is 9.53 Å². The summed E-state index contributed by atoms with van der Waals surface area (Å²) in [7, 11) is 0. The van der Waals surface area contributed by atoms with Crippen LogP contribution in [0.3, 0.4) is 0 Å². The number of nitrogens with zero attached hydrogens (tertiary/aromatic N) is 5. The highest BCUT2D eigenvalue weighted by Crippen LogP contribution is 2.30. The molecule has 1 aliphatic heterocycles. The van der Waals surface area contributed by atoms with Crippen LogP contribution in [0.5, 0.6) is 5.75 Å². The SMILES string of the molecule is CCOc1ccccc1N1CCN(C(=O)c2cc(-c3ccccc3)nc3c2cnn3CC)CC1. The average Bonchev–Trinajstić information content (AvgIpc) is 3.32. The molecule has 0 saturated carbocycles. The molecule has 0 aliphatic carbocycles. The van der Waals surface area contributed by atoms with Crippen LogP contribution in [-0.2, 0) is 6.54 Å². The summed E-state index contributed by atoms with van der Waals surface area (Å²) < 4.78 is 7.66. The maximum atomic E-state index is 13.7. The van der Waals surface area contributed by atoms with Crippen molar-refractivity contribution >= 4 is 22.6 Å². The smallest absolute Gasteiger partial charge is 0.254 e. The Bertz CT molecular complexity index is 1290. The van der Waals surface area contributed by atoms with Gasteiger partial charge in [0.15, 0.2) is 5.65 Å². The summed E-state index contributed by atoms with van der Waals surface area (Å²) >= 11 is 0. The molecule has 4 aromatic rings. The summed E-state index contributed by atoms with van der Waals surface area (Å²) in [6, 6.07) is 20.0. The Balaban J connectivity index is 1.43. The van der Waals surface area contributed by atoms with E-state index in [2.05, 4.69) is 16.1 Å². The topological polar surface area (TPSA) is 63.5 Å². The second-order valence-corrected chi connectivity index (χ2v) is 8.30. The molecule has 0 bridgehead atoms. The highest BCUT2D eigenvalue weighted by atomic mass is 16.5. The Hall–Kier alpha value is -3.87. The van der Waals surface area contributed by atoms with E-state index in [-0.39, 0.29) is 5.91 Å². The van der Waals surface area contributed by atoms with Crippen LogP contribution >= 0.6 is 0 Å². The van der Waals surface area contributed by atoms with Crippen molar-refractivity contribution in [1.29, 1.82) is 0 Å². The minimum atomic E-state index is 0.0259. The number of carbonyl (C=O) groups excluding carboxylic acids is 1. The second-order valence-electron chi connectivity index (χ2n) is 8.30. The summed E-state index contributed by atoms with van der Waals surface area (Å²) in [5, 5.41) is 5.28. The van der Waals surface area contributed by atoms with Crippen molar-refractivity contribution in [2.75, 3.05) is 37.7 Å². The van der Waals surface area contributed by atoms with Crippen LogP contribution < -0.4 is 9.64 Å². The van der Waals surface area contributed by atoms with Crippen LogP contribution in [0, 0.1) is 0 Å². The third kappa shape index (κ3) is 4.09. The van der Waals surface area contributed by atoms with Gasteiger partial charge in [-0.1, -0.05) is 42.5 Å². The van der Waals surface area contributed by atoms with Crippen molar-refractivity contribution in [3.63, 3.8) is 0 Å².